The van der Waals surface area contributed by atoms with Crippen LogP contribution in [0, 0.1) is 0 Å². The largest absolute Gasteiger partial charge is 0.438 e. The average molecular weight is 297 g/mol. The van der Waals surface area contributed by atoms with Gasteiger partial charge in [0.2, 0.25) is 5.71 Å². The van der Waals surface area contributed by atoms with Crippen LogP contribution in [-0.4, -0.2) is 15.0 Å². The molecule has 0 saturated carbocycles. The molecule has 0 atom stereocenters. The molecule has 0 bridgehead atoms. The fraction of sp³-hybridized carbons (Fsp3) is 0. The minimum absolute atomic E-state index is 0.572. The Bertz CT molecular complexity index is 1180. The molecule has 0 amide bonds. The monoisotopic (exact) mass is 297 g/mol. The number of hydrogen-bond acceptors (Lipinski definition) is 4. The van der Waals surface area contributed by atoms with Crippen molar-refractivity contribution in [1.29, 1.82) is 0 Å². The standard InChI is InChI=1S/C19H11N3O/c1-2-6-13-10-20-16(9-12(13)5-1)18-21-11-15-14-7-3-4-8-17(14)23-19(15)22-18/h1-11H. The molecule has 0 saturated heterocycles. The number of hydrogen-bond donors (Lipinski definition) is 0. The second-order valence-electron chi connectivity index (χ2n) is 5.43. The maximum Gasteiger partial charge on any atom is 0.230 e. The van der Waals surface area contributed by atoms with E-state index in [-0.39, 0.29) is 0 Å². The van der Waals surface area contributed by atoms with Crippen molar-refractivity contribution in [3.05, 3.63) is 67.0 Å². The molecule has 0 fully saturated rings. The van der Waals surface area contributed by atoms with Crippen LogP contribution in [0.2, 0.25) is 0 Å². The molecule has 3 heterocycles. The van der Waals surface area contributed by atoms with E-state index in [1.54, 1.807) is 6.20 Å². The zero-order chi connectivity index (χ0) is 15.2. The highest BCUT2D eigenvalue weighted by Gasteiger charge is 2.11. The van der Waals surface area contributed by atoms with Crippen molar-refractivity contribution in [2.75, 3.05) is 0 Å². The zero-order valence-electron chi connectivity index (χ0n) is 12.1. The molecule has 3 aromatic heterocycles. The molecule has 0 aliphatic carbocycles. The quantitative estimate of drug-likeness (QED) is 0.454. The maximum absolute atomic E-state index is 5.82. The lowest BCUT2D eigenvalue weighted by atomic mass is 10.1. The summed E-state index contributed by atoms with van der Waals surface area (Å²) in [7, 11) is 0. The second-order valence-corrected chi connectivity index (χ2v) is 5.43. The van der Waals surface area contributed by atoms with Gasteiger partial charge in [0.05, 0.1) is 5.39 Å². The SMILES string of the molecule is c1ccc2cc(-c3ncc4c(n3)oc3ccccc34)ncc2c1. The summed E-state index contributed by atoms with van der Waals surface area (Å²) in [6.45, 7) is 0. The van der Waals surface area contributed by atoms with E-state index in [1.807, 2.05) is 54.7 Å². The van der Waals surface area contributed by atoms with Crippen LogP contribution in [0.3, 0.4) is 0 Å². The minimum atomic E-state index is 0.572. The lowest BCUT2D eigenvalue weighted by Crippen LogP contribution is -1.91. The molecule has 0 aliphatic heterocycles. The molecular weight excluding hydrogens is 286 g/mol. The van der Waals surface area contributed by atoms with Crippen LogP contribution in [0.15, 0.2) is 71.4 Å². The van der Waals surface area contributed by atoms with Gasteiger partial charge in [0.1, 0.15) is 11.3 Å². The molecule has 5 rings (SSSR count). The predicted octanol–water partition coefficient (Wildman–Crippen LogP) is 4.59. The normalized spacial score (nSPS) is 11.5. The van der Waals surface area contributed by atoms with Gasteiger partial charge in [-0.05, 0) is 17.5 Å². The summed E-state index contributed by atoms with van der Waals surface area (Å²) in [4.78, 5) is 13.5. The summed E-state index contributed by atoms with van der Waals surface area (Å²) in [5.74, 6) is 0.572. The number of nitrogens with zero attached hydrogens (tertiary/aromatic N) is 3. The first-order chi connectivity index (χ1) is 11.4. The lowest BCUT2D eigenvalue weighted by molar-refractivity contribution is 0.653. The van der Waals surface area contributed by atoms with Crippen molar-refractivity contribution in [3.8, 4) is 11.5 Å². The molecular formula is C19H11N3O. The first kappa shape index (κ1) is 12.3. The van der Waals surface area contributed by atoms with Gasteiger partial charge >= 0.3 is 0 Å². The number of aromatic nitrogens is 3. The van der Waals surface area contributed by atoms with E-state index in [2.05, 4.69) is 21.0 Å². The van der Waals surface area contributed by atoms with E-state index < -0.39 is 0 Å². The molecule has 0 unspecified atom stereocenters. The number of furan rings is 1. The van der Waals surface area contributed by atoms with E-state index in [0.717, 1.165) is 32.8 Å². The highest BCUT2D eigenvalue weighted by atomic mass is 16.3. The van der Waals surface area contributed by atoms with Crippen LogP contribution in [0.25, 0.3) is 44.4 Å². The minimum Gasteiger partial charge on any atom is -0.438 e. The summed E-state index contributed by atoms with van der Waals surface area (Å²) < 4.78 is 5.82. The van der Waals surface area contributed by atoms with E-state index in [9.17, 15) is 0 Å². The van der Waals surface area contributed by atoms with Gasteiger partial charge in [-0.25, -0.2) is 4.98 Å². The highest BCUT2D eigenvalue weighted by molar-refractivity contribution is 6.03. The summed E-state index contributed by atoms with van der Waals surface area (Å²) >= 11 is 0. The van der Waals surface area contributed by atoms with Crippen LogP contribution in [0.1, 0.15) is 0 Å². The number of fused-ring (bicyclic) bond motifs is 4. The van der Waals surface area contributed by atoms with Gasteiger partial charge in [0.25, 0.3) is 0 Å². The first-order valence-corrected chi connectivity index (χ1v) is 7.38. The van der Waals surface area contributed by atoms with E-state index in [1.165, 1.54) is 0 Å². The third-order valence-corrected chi connectivity index (χ3v) is 4.00. The second kappa shape index (κ2) is 4.61. The number of rotatable bonds is 1. The Morgan fingerprint density at radius 1 is 0.739 bits per heavy atom. The van der Waals surface area contributed by atoms with Crippen molar-refractivity contribution in [2.24, 2.45) is 0 Å². The first-order valence-electron chi connectivity index (χ1n) is 7.38. The van der Waals surface area contributed by atoms with Crippen LogP contribution < -0.4 is 0 Å². The van der Waals surface area contributed by atoms with Crippen LogP contribution in [-0.2, 0) is 0 Å². The van der Waals surface area contributed by atoms with Crippen LogP contribution >= 0.6 is 0 Å². The Balaban J connectivity index is 1.73. The Labute approximate surface area is 131 Å². The molecule has 23 heavy (non-hydrogen) atoms. The van der Waals surface area contributed by atoms with Gasteiger partial charge in [0, 0.05) is 23.2 Å². The van der Waals surface area contributed by atoms with Gasteiger partial charge < -0.3 is 4.42 Å². The lowest BCUT2D eigenvalue weighted by Gasteiger charge is -2.01. The molecule has 4 heteroatoms. The van der Waals surface area contributed by atoms with Gasteiger partial charge in [-0.3, -0.25) is 4.98 Å². The predicted molar refractivity (Wildman–Crippen MR) is 90.0 cm³/mol. The van der Waals surface area contributed by atoms with Gasteiger partial charge in [-0.1, -0.05) is 42.5 Å². The van der Waals surface area contributed by atoms with Crippen LogP contribution in [0.5, 0.6) is 0 Å². The maximum atomic E-state index is 5.82. The zero-order valence-corrected chi connectivity index (χ0v) is 12.1. The fourth-order valence-corrected chi connectivity index (χ4v) is 2.84. The Morgan fingerprint density at radius 3 is 2.52 bits per heavy atom. The summed E-state index contributed by atoms with van der Waals surface area (Å²) in [6, 6.07) is 18.0. The fourth-order valence-electron chi connectivity index (χ4n) is 2.84. The van der Waals surface area contributed by atoms with Crippen molar-refractivity contribution in [1.82, 2.24) is 15.0 Å². The van der Waals surface area contributed by atoms with Crippen molar-refractivity contribution >= 4 is 32.8 Å². The number of benzene rings is 2. The van der Waals surface area contributed by atoms with Crippen molar-refractivity contribution < 1.29 is 4.42 Å². The Kier molecular flexibility index (Phi) is 2.46. The van der Waals surface area contributed by atoms with Gasteiger partial charge in [-0.2, -0.15) is 4.98 Å². The number of para-hydroxylation sites is 1. The van der Waals surface area contributed by atoms with E-state index in [4.69, 9.17) is 4.42 Å². The molecule has 5 aromatic rings. The summed E-state index contributed by atoms with van der Waals surface area (Å²) in [5, 5.41) is 4.16. The topological polar surface area (TPSA) is 51.8 Å². The summed E-state index contributed by atoms with van der Waals surface area (Å²) in [6.07, 6.45) is 3.65. The highest BCUT2D eigenvalue weighted by Crippen LogP contribution is 2.28. The van der Waals surface area contributed by atoms with Crippen molar-refractivity contribution in [3.63, 3.8) is 0 Å². The van der Waals surface area contributed by atoms with Gasteiger partial charge in [0.15, 0.2) is 5.82 Å². The Morgan fingerprint density at radius 2 is 1.57 bits per heavy atom. The molecule has 0 aliphatic rings. The molecule has 108 valence electrons. The third kappa shape index (κ3) is 1.89. The third-order valence-electron chi connectivity index (χ3n) is 4.00. The molecule has 0 radical (unpaired) electrons. The van der Waals surface area contributed by atoms with E-state index in [0.29, 0.717) is 11.5 Å². The Hall–Kier alpha value is -3.27. The molecule has 2 aromatic carbocycles. The van der Waals surface area contributed by atoms with Crippen LogP contribution in [0.4, 0.5) is 0 Å². The molecule has 0 spiro atoms. The molecule has 0 N–H and O–H groups in total. The summed E-state index contributed by atoms with van der Waals surface area (Å²) in [5.41, 5.74) is 2.15. The van der Waals surface area contributed by atoms with Crippen molar-refractivity contribution in [2.45, 2.75) is 0 Å². The number of pyridine rings is 1. The van der Waals surface area contributed by atoms with E-state index >= 15 is 0 Å². The average Bonchev–Trinajstić information content (AvgIpc) is 2.99. The smallest absolute Gasteiger partial charge is 0.230 e. The molecule has 4 nitrogen and oxygen atoms in total. The van der Waals surface area contributed by atoms with Gasteiger partial charge in [-0.15, -0.1) is 0 Å².